The lowest BCUT2D eigenvalue weighted by Crippen LogP contribution is -2.35. The molecule has 2 aliphatic rings. The summed E-state index contributed by atoms with van der Waals surface area (Å²) in [6.07, 6.45) is 6.86. The number of carbonyl (C=O) groups excluding carboxylic acids is 1. The van der Waals surface area contributed by atoms with Gasteiger partial charge in [0.05, 0.1) is 11.9 Å². The zero-order chi connectivity index (χ0) is 13.9. The van der Waals surface area contributed by atoms with E-state index < -0.39 is 0 Å². The summed E-state index contributed by atoms with van der Waals surface area (Å²) < 4.78 is 1.65. The number of nitrogens with one attached hydrogen (secondary N) is 1. The Morgan fingerprint density at radius 1 is 1.45 bits per heavy atom. The van der Waals surface area contributed by atoms with Crippen molar-refractivity contribution in [3.8, 4) is 0 Å². The van der Waals surface area contributed by atoms with Gasteiger partial charge in [-0.1, -0.05) is 5.21 Å². The molecule has 0 spiro atoms. The van der Waals surface area contributed by atoms with E-state index in [1.807, 2.05) is 18.0 Å². The topological polar surface area (TPSA) is 63.1 Å². The minimum Gasteiger partial charge on any atom is -0.338 e. The van der Waals surface area contributed by atoms with E-state index in [0.29, 0.717) is 12.6 Å². The highest BCUT2D eigenvalue weighted by molar-refractivity contribution is 5.76. The quantitative estimate of drug-likeness (QED) is 0.763. The normalized spacial score (nSPS) is 18.2. The second kappa shape index (κ2) is 5.91. The molecule has 20 heavy (non-hydrogen) atoms. The second-order valence-electron chi connectivity index (χ2n) is 5.89. The predicted octanol–water partition coefficient (Wildman–Crippen LogP) is 0.789. The third-order valence-corrected chi connectivity index (χ3v) is 3.97. The molecular formula is C14H23N5O. The summed E-state index contributed by atoms with van der Waals surface area (Å²) in [4.78, 5) is 14.1. The molecule has 2 aliphatic carbocycles. The number of nitrogens with zero attached hydrogens (tertiary/aromatic N) is 4. The Labute approximate surface area is 119 Å². The van der Waals surface area contributed by atoms with Crippen molar-refractivity contribution in [2.75, 3.05) is 13.1 Å². The van der Waals surface area contributed by atoms with Crippen molar-refractivity contribution in [1.29, 1.82) is 0 Å². The highest BCUT2D eigenvalue weighted by Gasteiger charge is 2.31. The Bertz CT molecular complexity index is 464. The summed E-state index contributed by atoms with van der Waals surface area (Å²) >= 11 is 0. The van der Waals surface area contributed by atoms with Crippen LogP contribution >= 0.6 is 0 Å². The number of rotatable bonds is 8. The highest BCUT2D eigenvalue weighted by Crippen LogP contribution is 2.27. The summed E-state index contributed by atoms with van der Waals surface area (Å²) in [5.41, 5.74) is 0.910. The lowest BCUT2D eigenvalue weighted by Gasteiger charge is -2.19. The molecule has 0 unspecified atom stereocenters. The van der Waals surface area contributed by atoms with Crippen molar-refractivity contribution in [3.63, 3.8) is 0 Å². The van der Waals surface area contributed by atoms with Gasteiger partial charge in [-0.05, 0) is 45.1 Å². The van der Waals surface area contributed by atoms with Gasteiger partial charge < -0.3 is 10.2 Å². The summed E-state index contributed by atoms with van der Waals surface area (Å²) in [7, 11) is 0. The lowest BCUT2D eigenvalue weighted by atomic mass is 10.4. The van der Waals surface area contributed by atoms with Gasteiger partial charge in [0, 0.05) is 19.1 Å². The molecule has 1 aromatic rings. The molecule has 110 valence electrons. The van der Waals surface area contributed by atoms with Gasteiger partial charge in [0.15, 0.2) is 0 Å². The fourth-order valence-corrected chi connectivity index (χ4v) is 2.48. The van der Waals surface area contributed by atoms with Crippen LogP contribution in [0.2, 0.25) is 0 Å². The minimum atomic E-state index is 0.150. The monoisotopic (exact) mass is 277 g/mol. The molecule has 1 heterocycles. The Hall–Kier alpha value is -1.43. The SMILES string of the molecule is CCN(C(=O)Cn1cc(CNCC2CC2)nn1)C1CC1. The van der Waals surface area contributed by atoms with Crippen molar-refractivity contribution in [2.45, 2.75) is 51.7 Å². The van der Waals surface area contributed by atoms with E-state index >= 15 is 0 Å². The van der Waals surface area contributed by atoms with Crippen LogP contribution in [0.1, 0.15) is 38.3 Å². The largest absolute Gasteiger partial charge is 0.338 e. The maximum Gasteiger partial charge on any atom is 0.244 e. The molecule has 6 nitrogen and oxygen atoms in total. The lowest BCUT2D eigenvalue weighted by molar-refractivity contribution is -0.132. The maximum absolute atomic E-state index is 12.2. The van der Waals surface area contributed by atoms with Crippen LogP contribution in [0.3, 0.4) is 0 Å². The number of aromatic nitrogens is 3. The van der Waals surface area contributed by atoms with Crippen LogP contribution in [0.4, 0.5) is 0 Å². The van der Waals surface area contributed by atoms with Crippen LogP contribution in [-0.2, 0) is 17.9 Å². The number of amides is 1. The van der Waals surface area contributed by atoms with Crippen LogP contribution in [-0.4, -0.2) is 44.9 Å². The molecule has 0 radical (unpaired) electrons. The van der Waals surface area contributed by atoms with Crippen molar-refractivity contribution in [2.24, 2.45) is 5.92 Å². The van der Waals surface area contributed by atoms with Gasteiger partial charge in [-0.25, -0.2) is 4.68 Å². The molecule has 0 bridgehead atoms. The van der Waals surface area contributed by atoms with E-state index in [0.717, 1.165) is 44.1 Å². The zero-order valence-corrected chi connectivity index (χ0v) is 12.1. The fraction of sp³-hybridized carbons (Fsp3) is 0.786. The number of likely N-dealkylation sites (N-methyl/N-ethyl adjacent to an activating group) is 1. The average molecular weight is 277 g/mol. The Balaban J connectivity index is 1.46. The zero-order valence-electron chi connectivity index (χ0n) is 12.1. The molecule has 0 atom stereocenters. The smallest absolute Gasteiger partial charge is 0.244 e. The first kappa shape index (κ1) is 13.5. The predicted molar refractivity (Wildman–Crippen MR) is 74.9 cm³/mol. The standard InChI is InChI=1S/C14H23N5O/c1-2-19(13-5-6-13)14(20)10-18-9-12(16-17-18)8-15-7-11-3-4-11/h9,11,13,15H,2-8,10H2,1H3. The van der Waals surface area contributed by atoms with Gasteiger partial charge in [-0.15, -0.1) is 5.10 Å². The van der Waals surface area contributed by atoms with E-state index in [1.165, 1.54) is 12.8 Å². The second-order valence-corrected chi connectivity index (χ2v) is 5.89. The molecule has 6 heteroatoms. The molecule has 1 amide bonds. The summed E-state index contributed by atoms with van der Waals surface area (Å²) in [5, 5.41) is 11.5. The molecule has 0 aromatic carbocycles. The number of hydrogen-bond acceptors (Lipinski definition) is 4. The van der Waals surface area contributed by atoms with Crippen LogP contribution in [0.15, 0.2) is 6.20 Å². The third kappa shape index (κ3) is 3.56. The van der Waals surface area contributed by atoms with Gasteiger partial charge >= 0.3 is 0 Å². The van der Waals surface area contributed by atoms with Crippen molar-refractivity contribution in [1.82, 2.24) is 25.2 Å². The molecule has 2 fully saturated rings. The molecular weight excluding hydrogens is 254 g/mol. The van der Waals surface area contributed by atoms with E-state index in [2.05, 4.69) is 15.6 Å². The average Bonchev–Trinajstić information content (AvgIpc) is 3.33. The summed E-state index contributed by atoms with van der Waals surface area (Å²) in [6.45, 7) is 4.93. The van der Waals surface area contributed by atoms with Crippen LogP contribution in [0, 0.1) is 5.92 Å². The fourth-order valence-electron chi connectivity index (χ4n) is 2.48. The minimum absolute atomic E-state index is 0.150. The summed E-state index contributed by atoms with van der Waals surface area (Å²) in [5.74, 6) is 1.01. The van der Waals surface area contributed by atoms with Crippen molar-refractivity contribution in [3.05, 3.63) is 11.9 Å². The van der Waals surface area contributed by atoms with Gasteiger partial charge in [0.2, 0.25) is 5.91 Å². The number of carbonyl (C=O) groups is 1. The Morgan fingerprint density at radius 3 is 2.90 bits per heavy atom. The van der Waals surface area contributed by atoms with Gasteiger partial charge in [-0.3, -0.25) is 4.79 Å². The van der Waals surface area contributed by atoms with Crippen LogP contribution in [0.5, 0.6) is 0 Å². The first-order valence-corrected chi connectivity index (χ1v) is 7.65. The third-order valence-electron chi connectivity index (χ3n) is 3.97. The Kier molecular flexibility index (Phi) is 4.00. The van der Waals surface area contributed by atoms with Crippen LogP contribution < -0.4 is 5.32 Å². The molecule has 2 saturated carbocycles. The van der Waals surface area contributed by atoms with Crippen LogP contribution in [0.25, 0.3) is 0 Å². The van der Waals surface area contributed by atoms with Gasteiger partial charge in [-0.2, -0.15) is 0 Å². The first-order valence-electron chi connectivity index (χ1n) is 7.65. The van der Waals surface area contributed by atoms with Crippen molar-refractivity contribution >= 4 is 5.91 Å². The van der Waals surface area contributed by atoms with E-state index in [-0.39, 0.29) is 5.91 Å². The van der Waals surface area contributed by atoms with Gasteiger partial charge in [0.1, 0.15) is 6.54 Å². The van der Waals surface area contributed by atoms with E-state index in [1.54, 1.807) is 4.68 Å². The highest BCUT2D eigenvalue weighted by atomic mass is 16.2. The number of hydrogen-bond donors (Lipinski definition) is 1. The molecule has 1 aromatic heterocycles. The molecule has 0 saturated heterocycles. The molecule has 1 N–H and O–H groups in total. The Morgan fingerprint density at radius 2 is 2.25 bits per heavy atom. The van der Waals surface area contributed by atoms with E-state index in [4.69, 9.17) is 0 Å². The first-order chi connectivity index (χ1) is 9.76. The van der Waals surface area contributed by atoms with Crippen molar-refractivity contribution < 1.29 is 4.79 Å². The maximum atomic E-state index is 12.2. The molecule has 0 aliphatic heterocycles. The summed E-state index contributed by atoms with van der Waals surface area (Å²) in [6, 6.07) is 0.468. The molecule has 3 rings (SSSR count). The van der Waals surface area contributed by atoms with E-state index in [9.17, 15) is 4.79 Å². The van der Waals surface area contributed by atoms with Gasteiger partial charge in [0.25, 0.3) is 0 Å².